The number of ether oxygens (including phenoxy) is 1. The van der Waals surface area contributed by atoms with Gasteiger partial charge in [-0.2, -0.15) is 0 Å². The molecule has 134 valence electrons. The van der Waals surface area contributed by atoms with Crippen molar-refractivity contribution in [1.82, 2.24) is 9.88 Å². The van der Waals surface area contributed by atoms with Crippen molar-refractivity contribution in [3.05, 3.63) is 59.9 Å². The van der Waals surface area contributed by atoms with E-state index in [1.54, 1.807) is 16.0 Å². The Kier molecular flexibility index (Phi) is 4.67. The van der Waals surface area contributed by atoms with Gasteiger partial charge in [0.25, 0.3) is 0 Å². The molecule has 1 saturated heterocycles. The van der Waals surface area contributed by atoms with Gasteiger partial charge in [0.15, 0.2) is 0 Å². The van der Waals surface area contributed by atoms with Crippen LogP contribution < -0.4 is 4.90 Å². The molecular weight excluding hydrogens is 330 g/mol. The van der Waals surface area contributed by atoms with Crippen LogP contribution in [0, 0.1) is 5.92 Å². The number of likely N-dealkylation sites (tertiary alicyclic amines) is 1. The average Bonchev–Trinajstić information content (AvgIpc) is 2.90. The predicted molar refractivity (Wildman–Crippen MR) is 96.2 cm³/mol. The Bertz CT molecular complexity index is 809. The summed E-state index contributed by atoms with van der Waals surface area (Å²) in [7, 11) is 0. The molecule has 6 nitrogen and oxygen atoms in total. The highest BCUT2D eigenvalue weighted by atomic mass is 16.5. The molecule has 0 aliphatic carbocycles. The van der Waals surface area contributed by atoms with Crippen molar-refractivity contribution in [2.24, 2.45) is 5.92 Å². The van der Waals surface area contributed by atoms with Crippen LogP contribution in [0.1, 0.15) is 17.7 Å². The van der Waals surface area contributed by atoms with Gasteiger partial charge in [0.2, 0.25) is 11.8 Å². The molecule has 2 aromatic rings. The van der Waals surface area contributed by atoms with Crippen molar-refractivity contribution >= 4 is 17.5 Å². The second-order valence-corrected chi connectivity index (χ2v) is 6.67. The summed E-state index contributed by atoms with van der Waals surface area (Å²) in [4.78, 5) is 33.3. The average molecular weight is 351 g/mol. The van der Waals surface area contributed by atoms with Crippen LogP contribution in [0.3, 0.4) is 0 Å². The number of hydrogen-bond acceptors (Lipinski definition) is 4. The second-order valence-electron chi connectivity index (χ2n) is 6.67. The lowest BCUT2D eigenvalue weighted by Gasteiger charge is -2.25. The number of para-hydroxylation sites is 1. The second kappa shape index (κ2) is 7.25. The first-order valence-electron chi connectivity index (χ1n) is 8.87. The third-order valence-electron chi connectivity index (χ3n) is 4.91. The highest BCUT2D eigenvalue weighted by Gasteiger charge is 2.37. The largest absolute Gasteiger partial charge is 0.375 e. The number of nitrogens with zero attached hydrogens (tertiary/aromatic N) is 3. The molecule has 26 heavy (non-hydrogen) atoms. The number of amides is 2. The highest BCUT2D eigenvalue weighted by Crippen LogP contribution is 2.28. The summed E-state index contributed by atoms with van der Waals surface area (Å²) in [6.45, 7) is 2.41. The smallest absolute Gasteiger partial charge is 0.232 e. The minimum atomic E-state index is -0.322. The first-order chi connectivity index (χ1) is 12.7. The minimum absolute atomic E-state index is 0.000166. The van der Waals surface area contributed by atoms with Crippen molar-refractivity contribution in [2.45, 2.75) is 19.6 Å². The van der Waals surface area contributed by atoms with E-state index in [0.29, 0.717) is 32.8 Å². The van der Waals surface area contributed by atoms with Crippen LogP contribution in [0.2, 0.25) is 0 Å². The zero-order valence-corrected chi connectivity index (χ0v) is 14.5. The number of aromatic nitrogens is 1. The van der Waals surface area contributed by atoms with E-state index in [4.69, 9.17) is 4.74 Å². The molecule has 0 N–H and O–H groups in total. The molecule has 3 heterocycles. The molecule has 1 fully saturated rings. The summed E-state index contributed by atoms with van der Waals surface area (Å²) >= 11 is 0. The number of anilines is 1. The number of carbonyl (C=O) groups excluding carboxylic acids is 2. The Labute approximate surface area is 152 Å². The fourth-order valence-corrected chi connectivity index (χ4v) is 3.58. The van der Waals surface area contributed by atoms with Gasteiger partial charge < -0.3 is 14.5 Å². The number of pyridine rings is 1. The van der Waals surface area contributed by atoms with E-state index < -0.39 is 0 Å². The zero-order chi connectivity index (χ0) is 17.9. The Hall–Kier alpha value is -2.73. The third-order valence-corrected chi connectivity index (χ3v) is 4.91. The molecule has 1 aromatic carbocycles. The maximum Gasteiger partial charge on any atom is 0.232 e. The fourth-order valence-electron chi connectivity index (χ4n) is 3.58. The normalized spacial score (nSPS) is 20.0. The van der Waals surface area contributed by atoms with Crippen LogP contribution in [-0.4, -0.2) is 41.4 Å². The number of hydrogen-bond donors (Lipinski definition) is 0. The van der Waals surface area contributed by atoms with Gasteiger partial charge >= 0.3 is 0 Å². The Morgan fingerprint density at radius 2 is 2.04 bits per heavy atom. The number of rotatable bonds is 3. The van der Waals surface area contributed by atoms with E-state index in [0.717, 1.165) is 16.9 Å². The van der Waals surface area contributed by atoms with E-state index in [2.05, 4.69) is 4.98 Å². The Balaban J connectivity index is 1.50. The maximum atomic E-state index is 13.1. The summed E-state index contributed by atoms with van der Waals surface area (Å²) in [5, 5.41) is 0. The Morgan fingerprint density at radius 3 is 2.88 bits per heavy atom. The van der Waals surface area contributed by atoms with E-state index in [-0.39, 0.29) is 24.2 Å². The SMILES string of the molecule is O=C1CC(C(=O)N2CCOCc3ccccc32)CN1Cc1ccccn1. The molecule has 0 radical (unpaired) electrons. The molecule has 2 aliphatic heterocycles. The molecule has 2 aliphatic rings. The van der Waals surface area contributed by atoms with Gasteiger partial charge in [0.1, 0.15) is 0 Å². The van der Waals surface area contributed by atoms with Crippen LogP contribution in [-0.2, 0) is 27.5 Å². The molecule has 2 amide bonds. The summed E-state index contributed by atoms with van der Waals surface area (Å²) in [6.07, 6.45) is 1.97. The molecular formula is C20H21N3O3. The lowest BCUT2D eigenvalue weighted by molar-refractivity contribution is -0.129. The minimum Gasteiger partial charge on any atom is -0.375 e. The molecule has 1 unspecified atom stereocenters. The summed E-state index contributed by atoms with van der Waals surface area (Å²) in [5.74, 6) is -0.314. The predicted octanol–water partition coefficient (Wildman–Crippen LogP) is 1.99. The quantitative estimate of drug-likeness (QED) is 0.848. The Morgan fingerprint density at radius 1 is 1.19 bits per heavy atom. The van der Waals surface area contributed by atoms with Gasteiger partial charge in [0, 0.05) is 37.0 Å². The van der Waals surface area contributed by atoms with Gasteiger partial charge in [-0.1, -0.05) is 24.3 Å². The van der Waals surface area contributed by atoms with Gasteiger partial charge in [-0.25, -0.2) is 0 Å². The molecule has 0 saturated carbocycles. The molecule has 1 atom stereocenters. The van der Waals surface area contributed by atoms with Gasteiger partial charge in [-0.3, -0.25) is 14.6 Å². The van der Waals surface area contributed by atoms with Gasteiger partial charge in [0.05, 0.1) is 31.4 Å². The molecule has 0 spiro atoms. The summed E-state index contributed by atoms with van der Waals surface area (Å²) < 4.78 is 5.61. The molecule has 1 aromatic heterocycles. The lowest BCUT2D eigenvalue weighted by Crippen LogP contribution is -2.39. The topological polar surface area (TPSA) is 62.7 Å². The van der Waals surface area contributed by atoms with Crippen molar-refractivity contribution < 1.29 is 14.3 Å². The maximum absolute atomic E-state index is 13.1. The van der Waals surface area contributed by atoms with E-state index in [1.807, 2.05) is 42.5 Å². The molecule has 6 heteroatoms. The van der Waals surface area contributed by atoms with Crippen LogP contribution >= 0.6 is 0 Å². The van der Waals surface area contributed by atoms with Crippen molar-refractivity contribution in [3.8, 4) is 0 Å². The fraction of sp³-hybridized carbons (Fsp3) is 0.350. The third kappa shape index (κ3) is 3.32. The standard InChI is InChI=1S/C20H21N3O3/c24-19-11-16(12-22(19)13-17-6-3-4-8-21-17)20(25)23-9-10-26-14-15-5-1-2-7-18(15)23/h1-8,16H,9-14H2. The monoisotopic (exact) mass is 351 g/mol. The summed E-state index contributed by atoms with van der Waals surface area (Å²) in [6, 6.07) is 13.4. The van der Waals surface area contributed by atoms with Crippen LogP contribution in [0.15, 0.2) is 48.7 Å². The van der Waals surface area contributed by atoms with Crippen molar-refractivity contribution in [1.29, 1.82) is 0 Å². The van der Waals surface area contributed by atoms with Crippen LogP contribution in [0.5, 0.6) is 0 Å². The number of benzene rings is 1. The van der Waals surface area contributed by atoms with E-state index in [1.165, 1.54) is 0 Å². The van der Waals surface area contributed by atoms with Gasteiger partial charge in [-0.15, -0.1) is 0 Å². The number of carbonyl (C=O) groups is 2. The summed E-state index contributed by atoms with van der Waals surface area (Å²) in [5.41, 5.74) is 2.74. The number of fused-ring (bicyclic) bond motifs is 1. The first kappa shape index (κ1) is 16.7. The zero-order valence-electron chi connectivity index (χ0n) is 14.5. The van der Waals surface area contributed by atoms with E-state index in [9.17, 15) is 9.59 Å². The van der Waals surface area contributed by atoms with Crippen LogP contribution in [0.4, 0.5) is 5.69 Å². The molecule has 4 rings (SSSR count). The first-order valence-corrected chi connectivity index (χ1v) is 8.87. The lowest BCUT2D eigenvalue weighted by atomic mass is 10.1. The van der Waals surface area contributed by atoms with Gasteiger partial charge in [-0.05, 0) is 18.2 Å². The highest BCUT2D eigenvalue weighted by molar-refractivity contribution is 5.99. The van der Waals surface area contributed by atoms with Crippen molar-refractivity contribution in [3.63, 3.8) is 0 Å². The van der Waals surface area contributed by atoms with Crippen LogP contribution in [0.25, 0.3) is 0 Å². The molecule has 0 bridgehead atoms. The van der Waals surface area contributed by atoms with E-state index >= 15 is 0 Å². The van der Waals surface area contributed by atoms with Crippen molar-refractivity contribution in [2.75, 3.05) is 24.6 Å².